The number of nitrogens with zero attached hydrogens (tertiary/aromatic N) is 2. The second kappa shape index (κ2) is 13.3. The number of allylic oxidation sites excluding steroid dienone is 6. The molecule has 0 aliphatic carbocycles. The topological polar surface area (TPSA) is 133 Å². The van der Waals surface area contributed by atoms with E-state index >= 15 is 0 Å². The lowest BCUT2D eigenvalue weighted by atomic mass is 9.78. The summed E-state index contributed by atoms with van der Waals surface area (Å²) in [4.78, 5) is 32.4. The largest absolute Gasteiger partial charge is 0.481 e. The number of aliphatic carboxylic acids is 2. The third kappa shape index (κ3) is 6.11. The fourth-order valence-corrected chi connectivity index (χ4v) is 6.86. The number of fused-ring (bicyclic) bond motifs is 7. The highest BCUT2D eigenvalue weighted by molar-refractivity contribution is 6.18. The Balaban J connectivity index is 0.000000840. The van der Waals surface area contributed by atoms with E-state index in [1.807, 2.05) is 56.4 Å². The van der Waals surface area contributed by atoms with Gasteiger partial charge in [0, 0.05) is 40.9 Å². The number of hydrogen-bond acceptors (Lipinski definition) is 5. The minimum atomic E-state index is -0.834. The normalized spacial score (nSPS) is 16.6. The van der Waals surface area contributed by atoms with Crippen LogP contribution in [-0.2, 0) is 20.4 Å². The number of hydrogen-bond donors (Lipinski definition) is 3. The molecule has 3 N–H and O–H groups in total. The average Bonchev–Trinajstić information content (AvgIpc) is 3.45. The van der Waals surface area contributed by atoms with Gasteiger partial charge in [0.25, 0.3) is 5.69 Å². The quantitative estimate of drug-likeness (QED) is 0.0574. The van der Waals surface area contributed by atoms with E-state index in [0.717, 1.165) is 33.6 Å². The van der Waals surface area contributed by atoms with Crippen molar-refractivity contribution in [2.75, 3.05) is 11.9 Å². The number of nitro groups is 1. The predicted molar refractivity (Wildman–Crippen MR) is 191 cm³/mol. The Bertz CT molecular complexity index is 2080. The molecule has 0 amide bonds. The molecule has 2 heterocycles. The molecular weight excluding hydrogens is 606 g/mol. The summed E-state index contributed by atoms with van der Waals surface area (Å²) < 4.78 is 2.18. The van der Waals surface area contributed by atoms with E-state index in [-0.39, 0.29) is 28.9 Å². The summed E-state index contributed by atoms with van der Waals surface area (Å²) in [6.07, 6.45) is 10.1. The second-order valence-corrected chi connectivity index (χ2v) is 12.9. The third-order valence-corrected chi connectivity index (χ3v) is 9.13. The minimum absolute atomic E-state index is 0.0173. The first kappa shape index (κ1) is 33.8. The van der Waals surface area contributed by atoms with E-state index < -0.39 is 17.4 Å². The minimum Gasteiger partial charge on any atom is -0.481 e. The summed E-state index contributed by atoms with van der Waals surface area (Å²) >= 11 is 0. The van der Waals surface area contributed by atoms with E-state index in [0.29, 0.717) is 12.1 Å². The maximum absolute atomic E-state index is 11.7. The first-order valence-electron chi connectivity index (χ1n) is 15.9. The SMILES string of the molecule is CC1(C)C(/C=C/C=C/C=C2\Nc3cccc([N+](=O)[O-])c3C2(C)C)=[N+](CCC(=O)O)c2c1c1ccccc1c1ccccc21.CCC(=O)O. The predicted octanol–water partition coefficient (Wildman–Crippen LogP) is 8.63. The summed E-state index contributed by atoms with van der Waals surface area (Å²) in [6.45, 7) is 10.3. The Hall–Kier alpha value is -5.57. The number of nitrogens with one attached hydrogen (secondary N) is 1. The molecule has 0 atom stereocenters. The Morgan fingerprint density at radius 3 is 2.02 bits per heavy atom. The molecule has 0 fully saturated rings. The monoisotopic (exact) mass is 646 g/mol. The van der Waals surface area contributed by atoms with Gasteiger partial charge in [-0.3, -0.25) is 19.7 Å². The van der Waals surface area contributed by atoms with Gasteiger partial charge >= 0.3 is 11.9 Å². The number of rotatable bonds is 8. The van der Waals surface area contributed by atoms with Gasteiger partial charge in [-0.2, -0.15) is 4.58 Å². The molecule has 0 radical (unpaired) electrons. The lowest BCUT2D eigenvalue weighted by Crippen LogP contribution is -2.28. The third-order valence-electron chi connectivity index (χ3n) is 9.13. The van der Waals surface area contributed by atoms with Gasteiger partial charge < -0.3 is 15.5 Å². The summed E-state index contributed by atoms with van der Waals surface area (Å²) in [7, 11) is 0. The molecule has 4 aromatic carbocycles. The number of benzene rings is 4. The van der Waals surface area contributed by atoms with Crippen LogP contribution >= 0.6 is 0 Å². The molecular formula is C39H40N3O6+. The second-order valence-electron chi connectivity index (χ2n) is 12.9. The molecule has 48 heavy (non-hydrogen) atoms. The molecule has 6 rings (SSSR count). The van der Waals surface area contributed by atoms with Crippen molar-refractivity contribution in [3.8, 4) is 0 Å². The van der Waals surface area contributed by atoms with Crippen molar-refractivity contribution in [3.05, 3.63) is 124 Å². The molecule has 9 nitrogen and oxygen atoms in total. The average molecular weight is 647 g/mol. The van der Waals surface area contributed by atoms with Crippen LogP contribution in [0.4, 0.5) is 17.1 Å². The molecule has 0 saturated heterocycles. The van der Waals surface area contributed by atoms with Crippen LogP contribution in [0.2, 0.25) is 0 Å². The van der Waals surface area contributed by atoms with E-state index in [1.165, 1.54) is 16.3 Å². The molecule has 4 aromatic rings. The van der Waals surface area contributed by atoms with Crippen molar-refractivity contribution in [3.63, 3.8) is 0 Å². The van der Waals surface area contributed by atoms with Crippen molar-refractivity contribution < 1.29 is 29.3 Å². The molecule has 0 saturated carbocycles. The number of anilines is 1. The van der Waals surface area contributed by atoms with Crippen molar-refractivity contribution in [1.82, 2.24) is 0 Å². The Labute approximate surface area is 279 Å². The Morgan fingerprint density at radius 1 is 0.812 bits per heavy atom. The maximum Gasteiger partial charge on any atom is 0.309 e. The maximum atomic E-state index is 11.7. The molecule has 2 aliphatic rings. The van der Waals surface area contributed by atoms with Crippen LogP contribution in [-0.4, -0.2) is 43.9 Å². The fourth-order valence-electron chi connectivity index (χ4n) is 6.86. The van der Waals surface area contributed by atoms with Crippen LogP contribution in [0.25, 0.3) is 21.5 Å². The lowest BCUT2D eigenvalue weighted by Gasteiger charge is -2.19. The first-order valence-corrected chi connectivity index (χ1v) is 15.9. The highest BCUT2D eigenvalue weighted by Gasteiger charge is 2.47. The van der Waals surface area contributed by atoms with Gasteiger partial charge in [0.2, 0.25) is 5.69 Å². The van der Waals surface area contributed by atoms with E-state index in [4.69, 9.17) is 5.11 Å². The summed E-state index contributed by atoms with van der Waals surface area (Å²) in [5.41, 5.74) is 4.81. The molecule has 9 heteroatoms. The first-order chi connectivity index (χ1) is 22.8. The molecule has 0 spiro atoms. The van der Waals surface area contributed by atoms with Crippen LogP contribution in [0.5, 0.6) is 0 Å². The molecule has 0 unspecified atom stereocenters. The highest BCUT2D eigenvalue weighted by atomic mass is 16.6. The molecule has 2 aliphatic heterocycles. The van der Waals surface area contributed by atoms with Gasteiger partial charge in [0.15, 0.2) is 12.3 Å². The van der Waals surface area contributed by atoms with Gasteiger partial charge in [-0.05, 0) is 62.1 Å². The van der Waals surface area contributed by atoms with Gasteiger partial charge in [-0.15, -0.1) is 0 Å². The van der Waals surface area contributed by atoms with E-state index in [9.17, 15) is 24.8 Å². The molecule has 0 aromatic heterocycles. The van der Waals surface area contributed by atoms with Crippen molar-refractivity contribution in [1.29, 1.82) is 0 Å². The van der Waals surface area contributed by atoms with Crippen molar-refractivity contribution in [2.45, 2.75) is 58.3 Å². The van der Waals surface area contributed by atoms with Gasteiger partial charge in [-0.1, -0.05) is 73.7 Å². The number of carboxylic acids is 2. The van der Waals surface area contributed by atoms with Crippen LogP contribution in [0, 0.1) is 10.1 Å². The van der Waals surface area contributed by atoms with Gasteiger partial charge in [0.1, 0.15) is 6.42 Å². The van der Waals surface area contributed by atoms with Crippen LogP contribution in [0.1, 0.15) is 58.6 Å². The summed E-state index contributed by atoms with van der Waals surface area (Å²) in [5, 5.41) is 37.0. The van der Waals surface area contributed by atoms with Gasteiger partial charge in [-0.25, -0.2) is 0 Å². The zero-order valence-corrected chi connectivity index (χ0v) is 27.8. The summed E-state index contributed by atoms with van der Waals surface area (Å²) in [5.74, 6) is -1.58. The van der Waals surface area contributed by atoms with Crippen LogP contribution in [0.3, 0.4) is 0 Å². The van der Waals surface area contributed by atoms with E-state index in [1.54, 1.807) is 19.1 Å². The van der Waals surface area contributed by atoms with Crippen LogP contribution in [0.15, 0.2) is 103 Å². The standard InChI is InChI=1S/C36H33N3O4.C3H6O2/c1-35(2)29(37-27-17-12-18-28(33(27)35)39(42)43)19-6-5-7-20-30-36(3,4)32-25-15-10-8-13-23(25)24-14-9-11-16-26(24)34(32)38(30)22-21-31(40)41;1-2-3(4)5/h5-20H,21-22H2,1-4H3,(H,40,41);2H2,1H3,(H,4,5)/p+1. The zero-order chi connectivity index (χ0) is 34.8. The van der Waals surface area contributed by atoms with E-state index in [2.05, 4.69) is 66.2 Å². The highest BCUT2D eigenvalue weighted by Crippen LogP contribution is 2.49. The number of carbonyl (C=O) groups is 2. The van der Waals surface area contributed by atoms with Crippen molar-refractivity contribution in [2.24, 2.45) is 0 Å². The molecule has 0 bridgehead atoms. The Morgan fingerprint density at radius 2 is 1.42 bits per heavy atom. The Kier molecular flexibility index (Phi) is 9.34. The smallest absolute Gasteiger partial charge is 0.309 e. The van der Waals surface area contributed by atoms with Crippen LogP contribution < -0.4 is 5.32 Å². The number of carboxylic acid groups (broad SMARTS) is 2. The zero-order valence-electron chi connectivity index (χ0n) is 27.8. The van der Waals surface area contributed by atoms with Gasteiger partial charge in [0.05, 0.1) is 21.3 Å². The van der Waals surface area contributed by atoms with Crippen molar-refractivity contribution >= 4 is 56.3 Å². The lowest BCUT2D eigenvalue weighted by molar-refractivity contribution is -0.435. The number of nitro benzene ring substituents is 1. The molecule has 246 valence electrons. The fraction of sp³-hybridized carbons (Fsp3) is 0.256. The summed E-state index contributed by atoms with van der Waals surface area (Å²) in [6, 6.07) is 21.9.